The molecule has 0 aliphatic carbocycles. The van der Waals surface area contributed by atoms with Crippen LogP contribution in [0.5, 0.6) is 5.75 Å². The Balaban J connectivity index is 1.83. The molecule has 0 radical (unpaired) electrons. The maximum absolute atomic E-state index is 13.4. The Kier molecular flexibility index (Phi) is 7.23. The highest BCUT2D eigenvalue weighted by Gasteiger charge is 2.24. The van der Waals surface area contributed by atoms with Crippen molar-refractivity contribution in [2.24, 2.45) is 0 Å². The molecule has 5 nitrogen and oxygen atoms in total. The number of hydrogen-bond donors (Lipinski definition) is 2. The molecule has 3 aromatic rings. The first-order chi connectivity index (χ1) is 15.0. The van der Waals surface area contributed by atoms with Gasteiger partial charge in [0.25, 0.3) is 0 Å². The highest BCUT2D eigenvalue weighted by Crippen LogP contribution is 2.30. The molecule has 0 saturated heterocycles. The van der Waals surface area contributed by atoms with Crippen LogP contribution in [0.1, 0.15) is 35.2 Å². The third-order valence-electron chi connectivity index (χ3n) is 4.90. The van der Waals surface area contributed by atoms with E-state index in [1.54, 1.807) is 36.4 Å². The molecular weight excluding hydrogens is 395 g/mol. The summed E-state index contributed by atoms with van der Waals surface area (Å²) < 4.78 is 19.3. The normalized spacial score (nSPS) is 11.4. The Hall–Kier alpha value is -3.85. The molecule has 0 heterocycles. The molecule has 0 fully saturated rings. The number of carboxylic acid groups (broad SMARTS) is 1. The predicted molar refractivity (Wildman–Crippen MR) is 117 cm³/mol. The molecule has 0 spiro atoms. The minimum atomic E-state index is -1.05. The van der Waals surface area contributed by atoms with Crippen LogP contribution in [-0.2, 0) is 17.6 Å². The molecule has 1 atom stereocenters. The number of ether oxygens (including phenoxy) is 1. The van der Waals surface area contributed by atoms with Crippen LogP contribution in [-0.4, -0.2) is 17.7 Å². The molecule has 2 N–H and O–H groups in total. The summed E-state index contributed by atoms with van der Waals surface area (Å²) >= 11 is 0. The third-order valence-corrected chi connectivity index (χ3v) is 4.90. The van der Waals surface area contributed by atoms with Gasteiger partial charge in [-0.15, -0.1) is 0 Å². The van der Waals surface area contributed by atoms with Gasteiger partial charge < -0.3 is 15.2 Å². The Bertz CT molecular complexity index is 1090. The van der Waals surface area contributed by atoms with Crippen molar-refractivity contribution in [1.82, 2.24) is 0 Å². The SMILES string of the molecule is CCc1ccc(OCCc2cccc(F)c2)c(C(Nc2ccc(C#N)cc2)C(=O)O)c1. The van der Waals surface area contributed by atoms with Gasteiger partial charge in [0.1, 0.15) is 11.6 Å². The molecule has 3 rings (SSSR count). The number of nitriles is 1. The smallest absolute Gasteiger partial charge is 0.330 e. The number of hydrogen-bond acceptors (Lipinski definition) is 4. The second-order valence-corrected chi connectivity index (χ2v) is 7.06. The average Bonchev–Trinajstić information content (AvgIpc) is 2.78. The van der Waals surface area contributed by atoms with Gasteiger partial charge >= 0.3 is 5.97 Å². The van der Waals surface area contributed by atoms with Crippen LogP contribution < -0.4 is 10.1 Å². The summed E-state index contributed by atoms with van der Waals surface area (Å²) in [7, 11) is 0. The number of nitrogens with zero attached hydrogens (tertiary/aromatic N) is 1. The van der Waals surface area contributed by atoms with Gasteiger partial charge in [0.2, 0.25) is 0 Å². The van der Waals surface area contributed by atoms with Crippen LogP contribution in [0.15, 0.2) is 66.7 Å². The van der Waals surface area contributed by atoms with E-state index < -0.39 is 12.0 Å². The van der Waals surface area contributed by atoms with Gasteiger partial charge in [-0.25, -0.2) is 9.18 Å². The summed E-state index contributed by atoms with van der Waals surface area (Å²) in [6.07, 6.45) is 1.24. The number of aliphatic carboxylic acids is 1. The predicted octanol–water partition coefficient (Wildman–Crippen LogP) is 5.12. The fourth-order valence-corrected chi connectivity index (χ4v) is 3.23. The van der Waals surface area contributed by atoms with E-state index in [4.69, 9.17) is 10.00 Å². The lowest BCUT2D eigenvalue weighted by Crippen LogP contribution is -2.22. The molecule has 0 aliphatic heterocycles. The van der Waals surface area contributed by atoms with Crippen LogP contribution in [0.4, 0.5) is 10.1 Å². The summed E-state index contributed by atoms with van der Waals surface area (Å²) in [4.78, 5) is 12.1. The minimum absolute atomic E-state index is 0.283. The lowest BCUT2D eigenvalue weighted by atomic mass is 10.0. The van der Waals surface area contributed by atoms with E-state index in [1.807, 2.05) is 31.2 Å². The monoisotopic (exact) mass is 418 g/mol. The fourth-order valence-electron chi connectivity index (χ4n) is 3.23. The van der Waals surface area contributed by atoms with E-state index in [-0.39, 0.29) is 12.4 Å². The summed E-state index contributed by atoms with van der Waals surface area (Å²) in [5, 5.41) is 21.9. The zero-order valence-electron chi connectivity index (χ0n) is 17.1. The van der Waals surface area contributed by atoms with Crippen molar-refractivity contribution in [1.29, 1.82) is 5.26 Å². The van der Waals surface area contributed by atoms with E-state index >= 15 is 0 Å². The van der Waals surface area contributed by atoms with Crippen molar-refractivity contribution < 1.29 is 19.0 Å². The van der Waals surface area contributed by atoms with E-state index in [0.717, 1.165) is 17.5 Å². The molecule has 1 unspecified atom stereocenters. The van der Waals surface area contributed by atoms with Gasteiger partial charge in [-0.1, -0.05) is 25.1 Å². The molecular formula is C25H23FN2O3. The van der Waals surface area contributed by atoms with Crippen LogP contribution in [0.25, 0.3) is 0 Å². The maximum atomic E-state index is 13.4. The lowest BCUT2D eigenvalue weighted by Gasteiger charge is -2.20. The van der Waals surface area contributed by atoms with E-state index in [2.05, 4.69) is 5.32 Å². The number of aryl methyl sites for hydroxylation is 1. The summed E-state index contributed by atoms with van der Waals surface area (Å²) in [5.41, 5.74) is 3.37. The topological polar surface area (TPSA) is 82.3 Å². The third kappa shape index (κ3) is 5.83. The molecule has 31 heavy (non-hydrogen) atoms. The first-order valence-electron chi connectivity index (χ1n) is 9.99. The number of carboxylic acids is 1. The second kappa shape index (κ2) is 10.3. The van der Waals surface area contributed by atoms with E-state index in [9.17, 15) is 14.3 Å². The molecule has 0 amide bonds. The van der Waals surface area contributed by atoms with Crippen LogP contribution in [0.3, 0.4) is 0 Å². The van der Waals surface area contributed by atoms with E-state index in [0.29, 0.717) is 29.0 Å². The average molecular weight is 418 g/mol. The van der Waals surface area contributed by atoms with Gasteiger partial charge in [-0.05, 0) is 66.1 Å². The summed E-state index contributed by atoms with van der Waals surface area (Å²) in [5.74, 6) is -0.891. The molecule has 0 aromatic heterocycles. The van der Waals surface area contributed by atoms with Gasteiger partial charge in [0.05, 0.1) is 18.2 Å². The van der Waals surface area contributed by atoms with Crippen molar-refractivity contribution in [2.75, 3.05) is 11.9 Å². The fraction of sp³-hybridized carbons (Fsp3) is 0.200. The Labute approximate surface area is 180 Å². The number of anilines is 1. The van der Waals surface area contributed by atoms with Gasteiger partial charge in [-0.2, -0.15) is 5.26 Å². The summed E-state index contributed by atoms with van der Waals surface area (Å²) in [6, 6.07) is 19.4. The zero-order chi connectivity index (χ0) is 22.2. The van der Waals surface area contributed by atoms with Crippen molar-refractivity contribution in [2.45, 2.75) is 25.8 Å². The van der Waals surface area contributed by atoms with Gasteiger partial charge in [-0.3, -0.25) is 0 Å². The number of nitrogens with one attached hydrogen (secondary N) is 1. The summed E-state index contributed by atoms with van der Waals surface area (Å²) in [6.45, 7) is 2.28. The number of benzene rings is 3. The number of halogens is 1. The van der Waals surface area contributed by atoms with Gasteiger partial charge in [0, 0.05) is 17.7 Å². The Morgan fingerprint density at radius 2 is 1.90 bits per heavy atom. The van der Waals surface area contributed by atoms with Crippen molar-refractivity contribution in [3.8, 4) is 11.8 Å². The minimum Gasteiger partial charge on any atom is -0.493 e. The Morgan fingerprint density at radius 3 is 2.55 bits per heavy atom. The maximum Gasteiger partial charge on any atom is 0.330 e. The molecule has 6 heteroatoms. The Morgan fingerprint density at radius 1 is 1.13 bits per heavy atom. The first-order valence-corrected chi connectivity index (χ1v) is 9.99. The molecule has 158 valence electrons. The number of rotatable bonds is 9. The molecule has 0 aliphatic rings. The quantitative estimate of drug-likeness (QED) is 0.504. The first kappa shape index (κ1) is 21.8. The van der Waals surface area contributed by atoms with Crippen LogP contribution in [0, 0.1) is 17.1 Å². The molecule has 0 bridgehead atoms. The molecule has 3 aromatic carbocycles. The number of carbonyl (C=O) groups is 1. The zero-order valence-corrected chi connectivity index (χ0v) is 17.1. The highest BCUT2D eigenvalue weighted by atomic mass is 19.1. The van der Waals surface area contributed by atoms with Crippen LogP contribution >= 0.6 is 0 Å². The van der Waals surface area contributed by atoms with Crippen LogP contribution in [0.2, 0.25) is 0 Å². The van der Waals surface area contributed by atoms with Gasteiger partial charge in [0.15, 0.2) is 6.04 Å². The largest absolute Gasteiger partial charge is 0.493 e. The molecule has 0 saturated carbocycles. The van der Waals surface area contributed by atoms with E-state index in [1.165, 1.54) is 12.1 Å². The van der Waals surface area contributed by atoms with Crippen molar-refractivity contribution >= 4 is 11.7 Å². The standard InChI is InChI=1S/C25H23FN2O3/c1-2-17-8-11-23(31-13-12-18-4-3-5-20(26)14-18)22(15-17)24(25(29)30)28-21-9-6-19(16-27)7-10-21/h3-11,14-15,24,28H,2,12-13H2,1H3,(H,29,30). The lowest BCUT2D eigenvalue weighted by molar-refractivity contribution is -0.138. The van der Waals surface area contributed by atoms with Crippen molar-refractivity contribution in [3.05, 3.63) is 94.8 Å². The second-order valence-electron chi connectivity index (χ2n) is 7.06. The van der Waals surface area contributed by atoms with Crippen molar-refractivity contribution in [3.63, 3.8) is 0 Å². The highest BCUT2D eigenvalue weighted by molar-refractivity contribution is 5.80.